The maximum Gasteiger partial charge on any atom is 0.237 e. The zero-order valence-electron chi connectivity index (χ0n) is 17.7. The second-order valence-electron chi connectivity index (χ2n) is 8.17. The summed E-state index contributed by atoms with van der Waals surface area (Å²) in [6.07, 6.45) is 8.02. The molecule has 1 unspecified atom stereocenters. The molecule has 9 heteroatoms. The second-order valence-corrected chi connectivity index (χ2v) is 9.06. The SMILES string of the molecule is NC(Cc1ccc(F)cc1)C(=O)NCC1CCC(c2ccnc(Nc3nccs3)n2)CC1. The van der Waals surface area contributed by atoms with Gasteiger partial charge in [-0.05, 0) is 61.8 Å². The van der Waals surface area contributed by atoms with Crippen LogP contribution in [0.2, 0.25) is 0 Å². The van der Waals surface area contributed by atoms with Crippen molar-refractivity contribution in [3.8, 4) is 0 Å². The first kappa shape index (κ1) is 22.3. The Morgan fingerprint density at radius 2 is 1.91 bits per heavy atom. The summed E-state index contributed by atoms with van der Waals surface area (Å²) in [6.45, 7) is 0.628. The molecule has 1 aromatic carbocycles. The number of benzene rings is 1. The molecular weight excluding hydrogens is 427 g/mol. The van der Waals surface area contributed by atoms with Crippen LogP contribution in [-0.4, -0.2) is 33.4 Å². The summed E-state index contributed by atoms with van der Waals surface area (Å²) in [7, 11) is 0. The monoisotopic (exact) mass is 454 g/mol. The molecule has 0 spiro atoms. The van der Waals surface area contributed by atoms with Crippen LogP contribution in [0.4, 0.5) is 15.5 Å². The van der Waals surface area contributed by atoms with Crippen molar-refractivity contribution in [3.05, 3.63) is 65.2 Å². The third-order valence-corrected chi connectivity index (χ3v) is 6.55. The quantitative estimate of drug-likeness (QED) is 0.478. The number of carbonyl (C=O) groups is 1. The second kappa shape index (κ2) is 10.6. The van der Waals surface area contributed by atoms with Crippen molar-refractivity contribution in [1.29, 1.82) is 0 Å². The Hall–Kier alpha value is -2.91. The fourth-order valence-electron chi connectivity index (χ4n) is 4.05. The van der Waals surface area contributed by atoms with Gasteiger partial charge >= 0.3 is 0 Å². The van der Waals surface area contributed by atoms with Gasteiger partial charge in [0, 0.05) is 35.9 Å². The molecular formula is C23H27FN6OS. The number of nitrogens with one attached hydrogen (secondary N) is 2. The number of anilines is 2. The lowest BCUT2D eigenvalue weighted by molar-refractivity contribution is -0.122. The first-order chi connectivity index (χ1) is 15.6. The Bertz CT molecular complexity index is 1010. The minimum absolute atomic E-state index is 0.162. The number of hydrogen-bond donors (Lipinski definition) is 3. The van der Waals surface area contributed by atoms with E-state index in [0.29, 0.717) is 30.7 Å². The summed E-state index contributed by atoms with van der Waals surface area (Å²) in [5, 5.41) is 8.82. The third-order valence-electron chi connectivity index (χ3n) is 5.86. The van der Waals surface area contributed by atoms with Crippen molar-refractivity contribution in [2.24, 2.45) is 11.7 Å². The molecule has 0 aliphatic heterocycles. The van der Waals surface area contributed by atoms with E-state index in [1.165, 1.54) is 23.5 Å². The van der Waals surface area contributed by atoms with Crippen molar-refractivity contribution in [1.82, 2.24) is 20.3 Å². The minimum atomic E-state index is -0.637. The van der Waals surface area contributed by atoms with Gasteiger partial charge in [0.1, 0.15) is 5.82 Å². The Morgan fingerprint density at radius 3 is 2.62 bits per heavy atom. The largest absolute Gasteiger partial charge is 0.354 e. The fourth-order valence-corrected chi connectivity index (χ4v) is 4.57. The number of rotatable bonds is 8. The molecule has 2 aromatic heterocycles. The normalized spacial score (nSPS) is 19.3. The van der Waals surface area contributed by atoms with Gasteiger partial charge in [0.05, 0.1) is 6.04 Å². The number of hydrogen-bond acceptors (Lipinski definition) is 7. The standard InChI is InChI=1S/C23H27FN6OS/c24-18-7-3-15(4-8-18)13-19(25)21(31)28-14-16-1-5-17(6-2-16)20-9-10-26-22(29-20)30-23-27-11-12-32-23/h3-4,7-12,16-17,19H,1-2,5-6,13-14,25H2,(H,28,31)(H,26,27,29,30). The lowest BCUT2D eigenvalue weighted by Crippen LogP contribution is -2.44. The van der Waals surface area contributed by atoms with Gasteiger partial charge in [0.2, 0.25) is 11.9 Å². The maximum absolute atomic E-state index is 13.0. The van der Waals surface area contributed by atoms with Crippen LogP contribution >= 0.6 is 11.3 Å². The fraction of sp³-hybridized carbons (Fsp3) is 0.391. The zero-order valence-corrected chi connectivity index (χ0v) is 18.5. The highest BCUT2D eigenvalue weighted by molar-refractivity contribution is 7.13. The van der Waals surface area contributed by atoms with E-state index >= 15 is 0 Å². The average molecular weight is 455 g/mol. The molecule has 168 valence electrons. The summed E-state index contributed by atoms with van der Waals surface area (Å²) < 4.78 is 13.0. The first-order valence-electron chi connectivity index (χ1n) is 10.8. The molecule has 0 bridgehead atoms. The van der Waals surface area contributed by atoms with E-state index < -0.39 is 6.04 Å². The lowest BCUT2D eigenvalue weighted by atomic mass is 9.80. The molecule has 1 fully saturated rings. The molecule has 1 amide bonds. The Kier molecular flexibility index (Phi) is 7.39. The first-order valence-corrected chi connectivity index (χ1v) is 11.7. The van der Waals surface area contributed by atoms with Crippen LogP contribution in [0, 0.1) is 11.7 Å². The molecule has 0 saturated heterocycles. The van der Waals surface area contributed by atoms with E-state index in [4.69, 9.17) is 5.73 Å². The third kappa shape index (κ3) is 6.08. The summed E-state index contributed by atoms with van der Waals surface area (Å²) in [5.74, 6) is 0.939. The van der Waals surface area contributed by atoms with Crippen LogP contribution in [-0.2, 0) is 11.2 Å². The van der Waals surface area contributed by atoms with Crippen LogP contribution in [0.25, 0.3) is 0 Å². The van der Waals surface area contributed by atoms with E-state index in [1.54, 1.807) is 24.5 Å². The van der Waals surface area contributed by atoms with E-state index in [9.17, 15) is 9.18 Å². The van der Waals surface area contributed by atoms with Gasteiger partial charge in [-0.25, -0.2) is 19.3 Å². The van der Waals surface area contributed by atoms with Crippen LogP contribution in [0.15, 0.2) is 48.1 Å². The molecule has 7 nitrogen and oxygen atoms in total. The van der Waals surface area contributed by atoms with E-state index in [0.717, 1.165) is 42.1 Å². The van der Waals surface area contributed by atoms with Crippen molar-refractivity contribution < 1.29 is 9.18 Å². The molecule has 1 atom stereocenters. The van der Waals surface area contributed by atoms with Gasteiger partial charge in [-0.1, -0.05) is 12.1 Å². The number of thiazole rings is 1. The van der Waals surface area contributed by atoms with Gasteiger partial charge in [-0.3, -0.25) is 4.79 Å². The number of nitrogens with two attached hydrogens (primary N) is 1. The maximum atomic E-state index is 13.0. The van der Waals surface area contributed by atoms with Gasteiger partial charge in [0.25, 0.3) is 0 Å². The van der Waals surface area contributed by atoms with Crippen molar-refractivity contribution in [2.45, 2.75) is 44.1 Å². The number of aromatic nitrogens is 3. The van der Waals surface area contributed by atoms with E-state index in [-0.39, 0.29) is 11.7 Å². The summed E-state index contributed by atoms with van der Waals surface area (Å²) in [5.41, 5.74) is 7.93. The molecule has 2 heterocycles. The van der Waals surface area contributed by atoms with Crippen molar-refractivity contribution in [3.63, 3.8) is 0 Å². The summed E-state index contributed by atoms with van der Waals surface area (Å²) in [6, 6.07) is 7.43. The number of nitrogens with zero attached hydrogens (tertiary/aromatic N) is 3. The molecule has 32 heavy (non-hydrogen) atoms. The molecule has 1 aliphatic rings. The van der Waals surface area contributed by atoms with Gasteiger partial charge < -0.3 is 16.4 Å². The number of halogens is 1. The van der Waals surface area contributed by atoms with Gasteiger partial charge in [-0.15, -0.1) is 11.3 Å². The summed E-state index contributed by atoms with van der Waals surface area (Å²) >= 11 is 1.51. The predicted molar refractivity (Wildman–Crippen MR) is 123 cm³/mol. The smallest absolute Gasteiger partial charge is 0.237 e. The highest BCUT2D eigenvalue weighted by Crippen LogP contribution is 2.35. The lowest BCUT2D eigenvalue weighted by Gasteiger charge is -2.28. The van der Waals surface area contributed by atoms with Crippen LogP contribution in [0.5, 0.6) is 0 Å². The molecule has 1 saturated carbocycles. The predicted octanol–water partition coefficient (Wildman–Crippen LogP) is 3.78. The molecule has 1 aliphatic carbocycles. The van der Waals surface area contributed by atoms with Crippen molar-refractivity contribution in [2.75, 3.05) is 11.9 Å². The highest BCUT2D eigenvalue weighted by Gasteiger charge is 2.24. The highest BCUT2D eigenvalue weighted by atomic mass is 32.1. The minimum Gasteiger partial charge on any atom is -0.354 e. The van der Waals surface area contributed by atoms with Crippen molar-refractivity contribution >= 4 is 28.3 Å². The molecule has 4 N–H and O–H groups in total. The molecule has 0 radical (unpaired) electrons. The van der Waals surface area contributed by atoms with E-state index in [2.05, 4.69) is 25.6 Å². The topological polar surface area (TPSA) is 106 Å². The zero-order chi connectivity index (χ0) is 22.3. The van der Waals surface area contributed by atoms with Gasteiger partial charge in [0.15, 0.2) is 5.13 Å². The number of carbonyl (C=O) groups excluding carboxylic acids is 1. The average Bonchev–Trinajstić information content (AvgIpc) is 3.32. The van der Waals surface area contributed by atoms with Crippen LogP contribution < -0.4 is 16.4 Å². The number of amides is 1. The summed E-state index contributed by atoms with van der Waals surface area (Å²) in [4.78, 5) is 25.5. The van der Waals surface area contributed by atoms with E-state index in [1.807, 2.05) is 11.4 Å². The Balaban J connectivity index is 1.22. The molecule has 4 rings (SSSR count). The van der Waals surface area contributed by atoms with Crippen LogP contribution in [0.3, 0.4) is 0 Å². The molecule has 3 aromatic rings. The Morgan fingerprint density at radius 1 is 1.12 bits per heavy atom. The van der Waals surface area contributed by atoms with Crippen LogP contribution in [0.1, 0.15) is 42.9 Å². The Labute approximate surface area is 190 Å². The van der Waals surface area contributed by atoms with Gasteiger partial charge in [-0.2, -0.15) is 0 Å².